The number of phenols is 1. The molecule has 7 heteroatoms. The molecule has 5 rings (SSSR count). The van der Waals surface area contributed by atoms with Crippen LogP contribution in [0.2, 0.25) is 0 Å². The van der Waals surface area contributed by atoms with Gasteiger partial charge in [-0.05, 0) is 68.1 Å². The van der Waals surface area contributed by atoms with E-state index in [1.807, 2.05) is 80.3 Å². The minimum atomic E-state index is -0.401. The van der Waals surface area contributed by atoms with Crippen LogP contribution in [-0.4, -0.2) is 42.2 Å². The molecule has 2 aliphatic rings. The number of hydrogen-bond donors (Lipinski definition) is 3. The van der Waals surface area contributed by atoms with Crippen LogP contribution in [0.15, 0.2) is 60.7 Å². The van der Waals surface area contributed by atoms with Crippen LogP contribution in [-0.2, 0) is 11.2 Å². The number of rotatable bonds is 8. The lowest BCUT2D eigenvalue weighted by Gasteiger charge is -2.32. The van der Waals surface area contributed by atoms with Gasteiger partial charge in [0.25, 0.3) is 0 Å². The Morgan fingerprint density at radius 3 is 2.46 bits per heavy atom. The van der Waals surface area contributed by atoms with E-state index in [0.717, 1.165) is 45.7 Å². The maximum atomic E-state index is 13.8. The van der Waals surface area contributed by atoms with Crippen molar-refractivity contribution in [2.45, 2.75) is 45.3 Å². The molecule has 1 amide bonds. The number of carbonyl (C=O) groups is 1. The fourth-order valence-electron chi connectivity index (χ4n) is 5.84. The Balaban J connectivity index is 1.52. The highest BCUT2D eigenvalue weighted by atomic mass is 16.5. The maximum absolute atomic E-state index is 13.8. The first-order valence-corrected chi connectivity index (χ1v) is 12.9. The number of likely N-dealkylation sites (tertiary alicyclic amines) is 1. The monoisotopic (exact) mass is 501 g/mol. The number of fused-ring (bicyclic) bond motifs is 1. The molecule has 7 nitrogen and oxygen atoms in total. The number of nitrogens with zero attached hydrogens (tertiary/aromatic N) is 1. The number of phenolic OH excluding ortho intramolecular Hbond substituents is 1. The molecule has 0 saturated carbocycles. The number of carbonyl (C=O) groups excluding carboxylic acids is 1. The average molecular weight is 502 g/mol. The summed E-state index contributed by atoms with van der Waals surface area (Å²) in [7, 11) is 1.66. The Hall–Kier alpha value is -3.55. The number of hydrogen-bond acceptors (Lipinski definition) is 6. The van der Waals surface area contributed by atoms with E-state index in [-0.39, 0.29) is 29.7 Å². The first kappa shape index (κ1) is 25.1. The topological polar surface area (TPSA) is 83.1 Å². The molecular formula is C30H35N3O4. The van der Waals surface area contributed by atoms with Gasteiger partial charge in [0.15, 0.2) is 0 Å². The van der Waals surface area contributed by atoms with Gasteiger partial charge in [-0.2, -0.15) is 0 Å². The Morgan fingerprint density at radius 2 is 1.73 bits per heavy atom. The molecule has 194 valence electrons. The second-order valence-corrected chi connectivity index (χ2v) is 9.92. The lowest BCUT2D eigenvalue weighted by Crippen LogP contribution is -2.42. The van der Waals surface area contributed by atoms with Crippen molar-refractivity contribution in [3.05, 3.63) is 88.5 Å². The van der Waals surface area contributed by atoms with E-state index in [1.54, 1.807) is 7.11 Å². The summed E-state index contributed by atoms with van der Waals surface area (Å²) in [6.07, 6.45) is 0.726. The highest BCUT2D eigenvalue weighted by molar-refractivity contribution is 5.86. The number of methoxy groups -OCH3 is 1. The maximum Gasteiger partial charge on any atom is 0.242 e. The van der Waals surface area contributed by atoms with Crippen LogP contribution >= 0.6 is 0 Å². The smallest absolute Gasteiger partial charge is 0.242 e. The summed E-state index contributed by atoms with van der Waals surface area (Å²) in [5, 5.41) is 11.0. The molecule has 2 heterocycles. The number of aromatic hydroxyl groups is 1. The zero-order valence-electron chi connectivity index (χ0n) is 21.8. The molecule has 0 aromatic heterocycles. The lowest BCUT2D eigenvalue weighted by atomic mass is 9.82. The zero-order valence-corrected chi connectivity index (χ0v) is 21.8. The third kappa shape index (κ3) is 4.77. The van der Waals surface area contributed by atoms with Crippen molar-refractivity contribution in [1.29, 1.82) is 0 Å². The molecule has 2 fully saturated rings. The molecule has 37 heavy (non-hydrogen) atoms. The molecule has 0 spiro atoms. The van der Waals surface area contributed by atoms with Crippen molar-refractivity contribution in [3.63, 3.8) is 0 Å². The summed E-state index contributed by atoms with van der Waals surface area (Å²) < 4.78 is 11.1. The number of aryl methyl sites for hydroxylation is 2. The second kappa shape index (κ2) is 10.4. The normalized spacial score (nSPS) is 22.8. The quantitative estimate of drug-likeness (QED) is 0.425. The summed E-state index contributed by atoms with van der Waals surface area (Å²) in [6, 6.07) is 19.2. The van der Waals surface area contributed by atoms with Crippen LogP contribution in [0.1, 0.15) is 46.8 Å². The fraction of sp³-hybridized carbons (Fsp3) is 0.367. The summed E-state index contributed by atoms with van der Waals surface area (Å²) in [6.45, 7) is 7.06. The first-order chi connectivity index (χ1) is 17.9. The van der Waals surface area contributed by atoms with Crippen molar-refractivity contribution in [3.8, 4) is 17.2 Å². The second-order valence-electron chi connectivity index (χ2n) is 9.92. The van der Waals surface area contributed by atoms with E-state index in [4.69, 9.17) is 9.47 Å². The van der Waals surface area contributed by atoms with Crippen molar-refractivity contribution in [2.75, 3.05) is 20.3 Å². The van der Waals surface area contributed by atoms with E-state index in [0.29, 0.717) is 13.2 Å². The molecule has 2 saturated heterocycles. The van der Waals surface area contributed by atoms with E-state index in [1.165, 1.54) is 0 Å². The summed E-state index contributed by atoms with van der Waals surface area (Å²) in [4.78, 5) is 15.8. The SMILES string of the molecule is CCOc1cccc(C2C3C(NNC3c3cc(C)cc(C)c3O)C(=O)N2CCc2ccc(OC)cc2)c1. The molecule has 0 radical (unpaired) electrons. The Morgan fingerprint density at radius 1 is 0.973 bits per heavy atom. The highest BCUT2D eigenvalue weighted by Gasteiger charge is 2.55. The van der Waals surface area contributed by atoms with E-state index in [2.05, 4.69) is 16.9 Å². The molecule has 3 aromatic rings. The molecule has 0 aliphatic carbocycles. The Kier molecular flexibility index (Phi) is 7.09. The number of amides is 1. The number of ether oxygens (including phenoxy) is 2. The molecule has 3 N–H and O–H groups in total. The van der Waals surface area contributed by atoms with Crippen LogP contribution in [0.3, 0.4) is 0 Å². The van der Waals surface area contributed by atoms with Crippen LogP contribution < -0.4 is 20.3 Å². The number of benzene rings is 3. The molecule has 2 aliphatic heterocycles. The average Bonchev–Trinajstić information content (AvgIpc) is 3.44. The van der Waals surface area contributed by atoms with Crippen LogP contribution in [0.25, 0.3) is 0 Å². The first-order valence-electron chi connectivity index (χ1n) is 12.9. The van der Waals surface area contributed by atoms with Crippen molar-refractivity contribution in [1.82, 2.24) is 15.8 Å². The van der Waals surface area contributed by atoms with Gasteiger partial charge >= 0.3 is 0 Å². The van der Waals surface area contributed by atoms with Gasteiger partial charge in [0.2, 0.25) is 5.91 Å². The summed E-state index contributed by atoms with van der Waals surface area (Å²) in [5.74, 6) is 1.82. The van der Waals surface area contributed by atoms with Gasteiger partial charge in [0.1, 0.15) is 23.3 Å². The molecule has 4 unspecified atom stereocenters. The third-order valence-electron chi connectivity index (χ3n) is 7.53. The molecular weight excluding hydrogens is 466 g/mol. The van der Waals surface area contributed by atoms with Gasteiger partial charge < -0.3 is 19.5 Å². The van der Waals surface area contributed by atoms with Crippen molar-refractivity contribution in [2.24, 2.45) is 5.92 Å². The number of hydrazine groups is 1. The predicted octanol–water partition coefficient (Wildman–Crippen LogP) is 4.38. The molecule has 0 bridgehead atoms. The highest BCUT2D eigenvalue weighted by Crippen LogP contribution is 2.49. The van der Waals surface area contributed by atoms with Gasteiger partial charge in [-0.25, -0.2) is 10.9 Å². The molecule has 3 aromatic carbocycles. The number of nitrogens with one attached hydrogen (secondary N) is 2. The zero-order chi connectivity index (χ0) is 26.1. The van der Waals surface area contributed by atoms with Crippen molar-refractivity contribution < 1.29 is 19.4 Å². The van der Waals surface area contributed by atoms with Gasteiger partial charge in [-0.3, -0.25) is 4.79 Å². The summed E-state index contributed by atoms with van der Waals surface area (Å²) in [5.41, 5.74) is 11.5. The van der Waals surface area contributed by atoms with E-state index >= 15 is 0 Å². The van der Waals surface area contributed by atoms with Crippen LogP contribution in [0, 0.1) is 19.8 Å². The predicted molar refractivity (Wildman–Crippen MR) is 143 cm³/mol. The van der Waals surface area contributed by atoms with Gasteiger partial charge in [-0.15, -0.1) is 0 Å². The fourth-order valence-corrected chi connectivity index (χ4v) is 5.84. The lowest BCUT2D eigenvalue weighted by molar-refractivity contribution is -0.130. The standard InChI is InChI=1S/C30H35N3O4/c1-5-37-23-8-6-7-21(17-23)28-25-26(24-16-18(2)15-19(3)29(24)34)31-32-27(25)30(35)33(28)14-13-20-9-11-22(36-4)12-10-20/h6-12,15-17,25-28,31-32,34H,5,13-14H2,1-4H3. The van der Waals surface area contributed by atoms with Gasteiger partial charge in [0, 0.05) is 18.0 Å². The minimum Gasteiger partial charge on any atom is -0.507 e. The van der Waals surface area contributed by atoms with Crippen LogP contribution in [0.4, 0.5) is 0 Å². The summed E-state index contributed by atoms with van der Waals surface area (Å²) >= 11 is 0. The van der Waals surface area contributed by atoms with Gasteiger partial charge in [-0.1, -0.05) is 42.0 Å². The minimum absolute atomic E-state index is 0.0594. The van der Waals surface area contributed by atoms with E-state index < -0.39 is 6.04 Å². The Bertz CT molecular complexity index is 1280. The van der Waals surface area contributed by atoms with Gasteiger partial charge in [0.05, 0.1) is 25.8 Å². The molecule has 4 atom stereocenters. The largest absolute Gasteiger partial charge is 0.507 e. The van der Waals surface area contributed by atoms with Crippen molar-refractivity contribution >= 4 is 5.91 Å². The third-order valence-corrected chi connectivity index (χ3v) is 7.53. The van der Waals surface area contributed by atoms with E-state index in [9.17, 15) is 9.90 Å². The van der Waals surface area contributed by atoms with Crippen LogP contribution in [0.5, 0.6) is 17.2 Å². The Labute approximate surface area is 218 Å².